The summed E-state index contributed by atoms with van der Waals surface area (Å²) in [4.78, 5) is 19.5. The number of halogens is 2. The second-order valence-electron chi connectivity index (χ2n) is 9.02. The van der Waals surface area contributed by atoms with E-state index in [-0.39, 0.29) is 28.7 Å². The van der Waals surface area contributed by atoms with Crippen LogP contribution in [0.25, 0.3) is 11.0 Å². The van der Waals surface area contributed by atoms with E-state index in [1.54, 1.807) is 14.0 Å². The third kappa shape index (κ3) is 6.84. The third-order valence-corrected chi connectivity index (χ3v) is 8.00. The first-order chi connectivity index (χ1) is 17.8. The Morgan fingerprint density at radius 3 is 2.68 bits per heavy atom. The summed E-state index contributed by atoms with van der Waals surface area (Å²) < 4.78 is 59.4. The molecule has 1 aliphatic heterocycles. The molecule has 13 heteroatoms. The molecule has 3 heterocycles. The van der Waals surface area contributed by atoms with Crippen molar-refractivity contribution < 1.29 is 21.9 Å². The first kappa shape index (κ1) is 27.0. The lowest BCUT2D eigenvalue weighted by Gasteiger charge is -2.32. The standard InChI is InChI=1S/C24H31F2N7O3S/c1-3-12-37(34,35)14-16-4-5-18(25)21(20(16)26)31-23-22-19(28-15-29-23)13-27-24(32-22)30-17-6-8-33(9-7-17)10-11-36-2/h4-5,13,15,17H,3,6-12,14H2,1-2H3,(H,27,30,32)(H,28,29,31). The predicted octanol–water partition coefficient (Wildman–Crippen LogP) is 3.29. The van der Waals surface area contributed by atoms with Crippen molar-refractivity contribution in [2.24, 2.45) is 0 Å². The normalized spacial score (nSPS) is 15.2. The Bertz CT molecular complexity index is 1340. The monoisotopic (exact) mass is 535 g/mol. The zero-order valence-electron chi connectivity index (χ0n) is 20.9. The van der Waals surface area contributed by atoms with Gasteiger partial charge < -0.3 is 20.3 Å². The summed E-state index contributed by atoms with van der Waals surface area (Å²) in [5, 5.41) is 6.00. The molecule has 3 aromatic rings. The molecule has 2 aromatic heterocycles. The van der Waals surface area contributed by atoms with Gasteiger partial charge in [-0.25, -0.2) is 37.1 Å². The highest BCUT2D eigenvalue weighted by molar-refractivity contribution is 7.90. The first-order valence-electron chi connectivity index (χ1n) is 12.2. The summed E-state index contributed by atoms with van der Waals surface area (Å²) in [5.74, 6) is -2.03. The third-order valence-electron chi connectivity index (χ3n) is 6.21. The second kappa shape index (κ2) is 12.0. The molecule has 1 fully saturated rings. The van der Waals surface area contributed by atoms with E-state index in [0.717, 1.165) is 44.6 Å². The SMILES string of the molecule is CCCS(=O)(=O)Cc1ccc(F)c(Nc2ncnc3cnc(NC4CCN(CCOC)CC4)nc23)c1F. The van der Waals surface area contributed by atoms with Crippen LogP contribution in [0.1, 0.15) is 31.7 Å². The van der Waals surface area contributed by atoms with Crippen LogP contribution < -0.4 is 10.6 Å². The second-order valence-corrected chi connectivity index (χ2v) is 11.2. The van der Waals surface area contributed by atoms with Crippen molar-refractivity contribution in [3.05, 3.63) is 41.9 Å². The maximum Gasteiger partial charge on any atom is 0.223 e. The summed E-state index contributed by atoms with van der Waals surface area (Å²) >= 11 is 0. The van der Waals surface area contributed by atoms with E-state index in [1.165, 1.54) is 12.5 Å². The molecule has 0 radical (unpaired) electrons. The van der Waals surface area contributed by atoms with E-state index in [0.29, 0.717) is 24.5 Å². The Morgan fingerprint density at radius 2 is 1.95 bits per heavy atom. The highest BCUT2D eigenvalue weighted by Crippen LogP contribution is 2.29. The van der Waals surface area contributed by atoms with Gasteiger partial charge in [-0.1, -0.05) is 13.0 Å². The predicted molar refractivity (Wildman–Crippen MR) is 138 cm³/mol. The molecule has 0 amide bonds. The molecule has 10 nitrogen and oxygen atoms in total. The smallest absolute Gasteiger partial charge is 0.223 e. The number of fused-ring (bicyclic) bond motifs is 1. The van der Waals surface area contributed by atoms with Crippen LogP contribution in [0.4, 0.5) is 26.2 Å². The van der Waals surface area contributed by atoms with Crippen molar-refractivity contribution in [3.8, 4) is 0 Å². The minimum atomic E-state index is -3.53. The van der Waals surface area contributed by atoms with Crippen LogP contribution in [0.5, 0.6) is 0 Å². The molecular weight excluding hydrogens is 504 g/mol. The van der Waals surface area contributed by atoms with Gasteiger partial charge in [-0.2, -0.15) is 0 Å². The lowest BCUT2D eigenvalue weighted by atomic mass is 10.1. The van der Waals surface area contributed by atoms with Gasteiger partial charge in [0.2, 0.25) is 5.95 Å². The summed E-state index contributed by atoms with van der Waals surface area (Å²) in [6, 6.07) is 2.35. The number of nitrogens with zero attached hydrogens (tertiary/aromatic N) is 5. The summed E-state index contributed by atoms with van der Waals surface area (Å²) in [5.41, 5.74) is 0.0468. The molecule has 1 saturated heterocycles. The Hall–Kier alpha value is -3.03. The molecule has 0 bridgehead atoms. The van der Waals surface area contributed by atoms with Crippen LogP contribution in [0.15, 0.2) is 24.7 Å². The van der Waals surface area contributed by atoms with Crippen LogP contribution in [-0.2, 0) is 20.3 Å². The molecule has 1 aromatic carbocycles. The van der Waals surface area contributed by atoms with Crippen molar-refractivity contribution in [3.63, 3.8) is 0 Å². The zero-order valence-corrected chi connectivity index (χ0v) is 21.7. The molecule has 0 saturated carbocycles. The molecular formula is C24H31F2N7O3S. The molecule has 37 heavy (non-hydrogen) atoms. The largest absolute Gasteiger partial charge is 0.383 e. The summed E-state index contributed by atoms with van der Waals surface area (Å²) in [6.07, 6.45) is 4.98. The number of aromatic nitrogens is 4. The molecule has 4 rings (SSSR count). The average molecular weight is 536 g/mol. The fraction of sp³-hybridized carbons (Fsp3) is 0.500. The van der Waals surface area contributed by atoms with Crippen molar-refractivity contribution >= 4 is 38.3 Å². The van der Waals surface area contributed by atoms with E-state index in [2.05, 4.69) is 35.5 Å². The average Bonchev–Trinajstić information content (AvgIpc) is 2.88. The summed E-state index contributed by atoms with van der Waals surface area (Å²) in [6.45, 7) is 5.16. The number of hydrogen-bond donors (Lipinski definition) is 2. The van der Waals surface area contributed by atoms with Crippen LogP contribution in [0, 0.1) is 11.6 Å². The number of sulfone groups is 1. The fourth-order valence-electron chi connectivity index (χ4n) is 4.28. The van der Waals surface area contributed by atoms with Crippen molar-refractivity contribution in [1.82, 2.24) is 24.8 Å². The molecule has 200 valence electrons. The van der Waals surface area contributed by atoms with Gasteiger partial charge in [0, 0.05) is 38.3 Å². The number of benzene rings is 1. The number of ether oxygens (including phenoxy) is 1. The number of rotatable bonds is 11. The molecule has 0 unspecified atom stereocenters. The van der Waals surface area contributed by atoms with Gasteiger partial charge >= 0.3 is 0 Å². The van der Waals surface area contributed by atoms with Gasteiger partial charge in [0.1, 0.15) is 28.9 Å². The number of piperidine rings is 1. The molecule has 0 atom stereocenters. The van der Waals surface area contributed by atoms with Gasteiger partial charge in [-0.15, -0.1) is 0 Å². The summed E-state index contributed by atoms with van der Waals surface area (Å²) in [7, 11) is -1.84. The quantitative estimate of drug-likeness (QED) is 0.378. The van der Waals surface area contributed by atoms with E-state index in [4.69, 9.17) is 4.74 Å². The number of methoxy groups -OCH3 is 1. The molecule has 1 aliphatic rings. The minimum Gasteiger partial charge on any atom is -0.383 e. The molecule has 0 spiro atoms. The number of anilines is 3. The maximum absolute atomic E-state index is 15.2. The van der Waals surface area contributed by atoms with Crippen molar-refractivity contribution in [1.29, 1.82) is 0 Å². The van der Waals surface area contributed by atoms with Gasteiger partial charge in [-0.05, 0) is 25.3 Å². The van der Waals surface area contributed by atoms with Gasteiger partial charge in [-0.3, -0.25) is 0 Å². The van der Waals surface area contributed by atoms with E-state index in [9.17, 15) is 12.8 Å². The lowest BCUT2D eigenvalue weighted by molar-refractivity contribution is 0.132. The zero-order chi connectivity index (χ0) is 26.4. The van der Waals surface area contributed by atoms with Gasteiger partial charge in [0.25, 0.3) is 0 Å². The Balaban J connectivity index is 1.55. The number of likely N-dealkylation sites (tertiary alicyclic amines) is 1. The Morgan fingerprint density at radius 1 is 1.16 bits per heavy atom. The van der Waals surface area contributed by atoms with E-state index >= 15 is 4.39 Å². The van der Waals surface area contributed by atoms with Crippen molar-refractivity contribution in [2.75, 3.05) is 49.7 Å². The molecule has 2 N–H and O–H groups in total. The van der Waals surface area contributed by atoms with Crippen LogP contribution in [-0.4, -0.2) is 78.4 Å². The number of nitrogens with one attached hydrogen (secondary N) is 2. The minimum absolute atomic E-state index is 0.0798. The Labute approximate surface area is 214 Å². The first-order valence-corrected chi connectivity index (χ1v) is 14.0. The topological polar surface area (TPSA) is 122 Å². The Kier molecular flexibility index (Phi) is 8.77. The van der Waals surface area contributed by atoms with Crippen LogP contribution in [0.3, 0.4) is 0 Å². The van der Waals surface area contributed by atoms with Gasteiger partial charge in [0.05, 0.1) is 24.3 Å². The van der Waals surface area contributed by atoms with Crippen LogP contribution >= 0.6 is 0 Å². The van der Waals surface area contributed by atoms with Crippen LogP contribution in [0.2, 0.25) is 0 Å². The van der Waals surface area contributed by atoms with Crippen molar-refractivity contribution in [2.45, 2.75) is 38.0 Å². The highest BCUT2D eigenvalue weighted by Gasteiger charge is 2.22. The fourth-order valence-corrected chi connectivity index (χ4v) is 5.74. The number of hydrogen-bond acceptors (Lipinski definition) is 10. The van der Waals surface area contributed by atoms with E-state index < -0.39 is 32.9 Å². The van der Waals surface area contributed by atoms with Gasteiger partial charge in [0.15, 0.2) is 21.5 Å². The lowest BCUT2D eigenvalue weighted by Crippen LogP contribution is -2.40. The molecule has 0 aliphatic carbocycles. The maximum atomic E-state index is 15.2. The highest BCUT2D eigenvalue weighted by atomic mass is 32.2. The van der Waals surface area contributed by atoms with E-state index in [1.807, 2.05) is 0 Å².